The highest BCUT2D eigenvalue weighted by Crippen LogP contribution is 2.36. The van der Waals surface area contributed by atoms with Crippen molar-refractivity contribution in [3.05, 3.63) is 41.0 Å². The van der Waals surface area contributed by atoms with Gasteiger partial charge in [0, 0.05) is 11.9 Å². The lowest BCUT2D eigenvalue weighted by Crippen LogP contribution is -2.46. The van der Waals surface area contributed by atoms with Crippen LogP contribution in [0.2, 0.25) is 5.02 Å². The number of nitrogens with one attached hydrogen (secondary N) is 1. The Morgan fingerprint density at radius 2 is 1.75 bits per heavy atom. The Morgan fingerprint density at radius 1 is 1.12 bits per heavy atom. The smallest absolute Gasteiger partial charge is 0.241 e. The lowest BCUT2D eigenvalue weighted by atomic mass is 9.91. The number of nitrogens with zero attached hydrogens (tertiary/aromatic N) is 2. The van der Waals surface area contributed by atoms with Gasteiger partial charge in [0.1, 0.15) is 0 Å². The van der Waals surface area contributed by atoms with Crippen molar-refractivity contribution in [2.75, 3.05) is 0 Å². The van der Waals surface area contributed by atoms with Gasteiger partial charge in [0.25, 0.3) is 0 Å². The standard InChI is InChI=1S/C16H20ClN3O3S/c1-12-18-15(19-23-12)16(10-4-2-3-5-11-16)20-24(21,22)14-8-6-13(17)7-9-14/h6-9,20H,2-5,10-11H2,1H3. The highest BCUT2D eigenvalue weighted by atomic mass is 35.5. The second kappa shape index (κ2) is 6.82. The fourth-order valence-electron chi connectivity index (χ4n) is 3.13. The third-order valence-corrected chi connectivity index (χ3v) is 6.17. The Labute approximate surface area is 146 Å². The van der Waals surface area contributed by atoms with Gasteiger partial charge in [0.2, 0.25) is 15.9 Å². The molecule has 0 aliphatic heterocycles. The van der Waals surface area contributed by atoms with Crippen LogP contribution in [0, 0.1) is 6.92 Å². The summed E-state index contributed by atoms with van der Waals surface area (Å²) >= 11 is 5.85. The van der Waals surface area contributed by atoms with E-state index in [4.69, 9.17) is 16.1 Å². The molecule has 0 bridgehead atoms. The topological polar surface area (TPSA) is 85.1 Å². The van der Waals surface area contributed by atoms with Crippen molar-refractivity contribution >= 4 is 21.6 Å². The van der Waals surface area contributed by atoms with E-state index in [1.165, 1.54) is 12.1 Å². The number of benzene rings is 1. The molecule has 6 nitrogen and oxygen atoms in total. The molecule has 0 spiro atoms. The third kappa shape index (κ3) is 3.63. The first-order valence-electron chi connectivity index (χ1n) is 8.02. The van der Waals surface area contributed by atoms with Gasteiger partial charge in [0.15, 0.2) is 5.82 Å². The third-order valence-electron chi connectivity index (χ3n) is 4.37. The van der Waals surface area contributed by atoms with E-state index in [1.807, 2.05) is 0 Å². The van der Waals surface area contributed by atoms with E-state index in [9.17, 15) is 8.42 Å². The average Bonchev–Trinajstić information content (AvgIpc) is 2.84. The number of rotatable bonds is 4. The predicted molar refractivity (Wildman–Crippen MR) is 90.2 cm³/mol. The molecule has 3 rings (SSSR count). The van der Waals surface area contributed by atoms with Crippen molar-refractivity contribution in [3.8, 4) is 0 Å². The number of hydrogen-bond acceptors (Lipinski definition) is 5. The van der Waals surface area contributed by atoms with Crippen molar-refractivity contribution in [2.24, 2.45) is 0 Å². The normalized spacial score (nSPS) is 18.2. The molecule has 0 amide bonds. The Morgan fingerprint density at radius 3 is 2.29 bits per heavy atom. The summed E-state index contributed by atoms with van der Waals surface area (Å²) in [6.45, 7) is 1.70. The van der Waals surface area contributed by atoms with Crippen LogP contribution in [-0.4, -0.2) is 18.6 Å². The van der Waals surface area contributed by atoms with Gasteiger partial charge in [0.05, 0.1) is 10.4 Å². The summed E-state index contributed by atoms with van der Waals surface area (Å²) in [7, 11) is -3.72. The van der Waals surface area contributed by atoms with Crippen LogP contribution in [0.3, 0.4) is 0 Å². The molecule has 0 unspecified atom stereocenters. The zero-order chi connectivity index (χ0) is 17.2. The van der Waals surface area contributed by atoms with Crippen LogP contribution in [0.25, 0.3) is 0 Å². The summed E-state index contributed by atoms with van der Waals surface area (Å²) in [5.74, 6) is 0.846. The summed E-state index contributed by atoms with van der Waals surface area (Å²) < 4.78 is 33.7. The van der Waals surface area contributed by atoms with Gasteiger partial charge in [-0.3, -0.25) is 0 Å². The molecule has 1 fully saturated rings. The lowest BCUT2D eigenvalue weighted by Gasteiger charge is -2.30. The fraction of sp³-hybridized carbons (Fsp3) is 0.500. The van der Waals surface area contributed by atoms with Gasteiger partial charge in [-0.15, -0.1) is 0 Å². The van der Waals surface area contributed by atoms with Crippen LogP contribution in [0.5, 0.6) is 0 Å². The van der Waals surface area contributed by atoms with E-state index in [1.54, 1.807) is 19.1 Å². The number of hydrogen-bond donors (Lipinski definition) is 1. The van der Waals surface area contributed by atoms with Crippen molar-refractivity contribution < 1.29 is 12.9 Å². The van der Waals surface area contributed by atoms with E-state index in [0.717, 1.165) is 25.7 Å². The molecule has 1 aromatic heterocycles. The van der Waals surface area contributed by atoms with E-state index < -0.39 is 15.6 Å². The number of aromatic nitrogens is 2. The molecule has 1 heterocycles. The van der Waals surface area contributed by atoms with Gasteiger partial charge in [-0.1, -0.05) is 42.4 Å². The Balaban J connectivity index is 1.98. The summed E-state index contributed by atoms with van der Waals surface area (Å²) in [4.78, 5) is 4.49. The lowest BCUT2D eigenvalue weighted by molar-refractivity contribution is 0.301. The molecule has 1 saturated carbocycles. The van der Waals surface area contributed by atoms with Crippen LogP contribution in [0.15, 0.2) is 33.7 Å². The minimum Gasteiger partial charge on any atom is -0.340 e. The van der Waals surface area contributed by atoms with Crippen molar-refractivity contribution in [1.82, 2.24) is 14.9 Å². The molecular formula is C16H20ClN3O3S. The van der Waals surface area contributed by atoms with E-state index in [2.05, 4.69) is 14.9 Å². The predicted octanol–water partition coefficient (Wildman–Crippen LogP) is 3.56. The highest BCUT2D eigenvalue weighted by Gasteiger charge is 2.41. The summed E-state index contributed by atoms with van der Waals surface area (Å²) in [5, 5.41) is 4.50. The van der Waals surface area contributed by atoms with Crippen molar-refractivity contribution in [1.29, 1.82) is 0 Å². The molecule has 1 N–H and O–H groups in total. The quantitative estimate of drug-likeness (QED) is 0.833. The Bertz CT molecular complexity index is 794. The number of aryl methyl sites for hydroxylation is 1. The molecule has 8 heteroatoms. The van der Waals surface area contributed by atoms with Crippen molar-refractivity contribution in [2.45, 2.75) is 55.9 Å². The molecule has 24 heavy (non-hydrogen) atoms. The van der Waals surface area contributed by atoms with Gasteiger partial charge in [-0.05, 0) is 37.1 Å². The first-order valence-corrected chi connectivity index (χ1v) is 9.88. The van der Waals surface area contributed by atoms with Gasteiger partial charge < -0.3 is 4.52 Å². The molecule has 2 aromatic rings. The second-order valence-corrected chi connectivity index (χ2v) is 8.31. The monoisotopic (exact) mass is 369 g/mol. The molecule has 1 aromatic carbocycles. The van der Waals surface area contributed by atoms with Crippen LogP contribution in [0.1, 0.15) is 50.2 Å². The minimum absolute atomic E-state index is 0.177. The number of halogens is 1. The van der Waals surface area contributed by atoms with Crippen molar-refractivity contribution in [3.63, 3.8) is 0 Å². The molecule has 0 saturated heterocycles. The maximum atomic E-state index is 12.9. The zero-order valence-corrected chi connectivity index (χ0v) is 15.0. The van der Waals surface area contributed by atoms with Gasteiger partial charge in [-0.25, -0.2) is 8.42 Å². The second-order valence-electron chi connectivity index (χ2n) is 6.19. The first kappa shape index (κ1) is 17.4. The molecule has 0 atom stereocenters. The molecule has 1 aliphatic rings. The van der Waals surface area contributed by atoms with E-state index in [0.29, 0.717) is 29.6 Å². The van der Waals surface area contributed by atoms with Gasteiger partial charge in [-0.2, -0.15) is 9.71 Å². The molecule has 0 radical (unpaired) electrons. The maximum Gasteiger partial charge on any atom is 0.241 e. The average molecular weight is 370 g/mol. The Kier molecular flexibility index (Phi) is 4.94. The van der Waals surface area contributed by atoms with Crippen LogP contribution in [0.4, 0.5) is 0 Å². The maximum absolute atomic E-state index is 12.9. The Hall–Kier alpha value is -1.44. The van der Waals surface area contributed by atoms with E-state index >= 15 is 0 Å². The summed E-state index contributed by atoms with van der Waals surface area (Å²) in [5.41, 5.74) is -0.827. The van der Waals surface area contributed by atoms with E-state index in [-0.39, 0.29) is 4.90 Å². The summed E-state index contributed by atoms with van der Waals surface area (Å²) in [6.07, 6.45) is 5.27. The fourth-order valence-corrected chi connectivity index (χ4v) is 4.67. The molecular weight excluding hydrogens is 350 g/mol. The van der Waals surface area contributed by atoms with Gasteiger partial charge >= 0.3 is 0 Å². The summed E-state index contributed by atoms with van der Waals surface area (Å²) in [6, 6.07) is 6.12. The number of sulfonamides is 1. The van der Waals surface area contributed by atoms with Crippen LogP contribution < -0.4 is 4.72 Å². The SMILES string of the molecule is Cc1nc(C2(NS(=O)(=O)c3ccc(Cl)cc3)CCCCCC2)no1. The molecule has 1 aliphatic carbocycles. The zero-order valence-electron chi connectivity index (χ0n) is 13.5. The molecule has 130 valence electrons. The largest absolute Gasteiger partial charge is 0.340 e. The minimum atomic E-state index is -3.72. The highest BCUT2D eigenvalue weighted by molar-refractivity contribution is 7.89. The van der Waals surface area contributed by atoms with Crippen LogP contribution in [-0.2, 0) is 15.6 Å². The first-order chi connectivity index (χ1) is 11.4. The van der Waals surface area contributed by atoms with Crippen LogP contribution >= 0.6 is 11.6 Å².